The van der Waals surface area contributed by atoms with E-state index in [1.54, 1.807) is 18.0 Å². The maximum atomic E-state index is 5.89. The number of nitrogens with two attached hydrogens (primary N) is 1. The van der Waals surface area contributed by atoms with Crippen molar-refractivity contribution < 1.29 is 0 Å². The van der Waals surface area contributed by atoms with E-state index < -0.39 is 0 Å². The molecule has 0 fully saturated rings. The van der Waals surface area contributed by atoms with Gasteiger partial charge in [0.05, 0.1) is 5.02 Å². The highest BCUT2D eigenvalue weighted by molar-refractivity contribution is 7.99. The minimum absolute atomic E-state index is 0.572. The van der Waals surface area contributed by atoms with Gasteiger partial charge in [0, 0.05) is 16.8 Å². The van der Waals surface area contributed by atoms with Crippen molar-refractivity contribution in [2.75, 3.05) is 11.5 Å². The highest BCUT2D eigenvalue weighted by Crippen LogP contribution is 2.21. The summed E-state index contributed by atoms with van der Waals surface area (Å²) < 4.78 is 0. The lowest BCUT2D eigenvalue weighted by molar-refractivity contribution is 1.12. The number of hydrogen-bond acceptors (Lipinski definition) is 3. The topological polar surface area (TPSA) is 38.9 Å². The molecule has 0 bridgehead atoms. The van der Waals surface area contributed by atoms with E-state index in [1.165, 1.54) is 4.90 Å². The van der Waals surface area contributed by atoms with Crippen LogP contribution in [0.2, 0.25) is 5.02 Å². The monoisotopic (exact) mass is 264 g/mol. The van der Waals surface area contributed by atoms with E-state index in [2.05, 4.69) is 17.1 Å². The molecule has 1 aromatic heterocycles. The summed E-state index contributed by atoms with van der Waals surface area (Å²) >= 11 is 7.69. The number of halogens is 1. The van der Waals surface area contributed by atoms with Crippen molar-refractivity contribution in [3.05, 3.63) is 53.2 Å². The van der Waals surface area contributed by atoms with Crippen LogP contribution >= 0.6 is 23.4 Å². The molecule has 17 heavy (non-hydrogen) atoms. The second-order valence-electron chi connectivity index (χ2n) is 3.61. The fraction of sp³-hybridized carbons (Fsp3) is 0.154. The molecule has 0 amide bonds. The van der Waals surface area contributed by atoms with Crippen molar-refractivity contribution in [2.45, 2.75) is 11.3 Å². The van der Waals surface area contributed by atoms with Gasteiger partial charge in [-0.05, 0) is 30.2 Å². The predicted octanol–water partition coefficient (Wildman–Crippen LogP) is 3.65. The molecule has 2 rings (SSSR count). The lowest BCUT2D eigenvalue weighted by atomic mass is 10.2. The van der Waals surface area contributed by atoms with Crippen molar-refractivity contribution in [2.24, 2.45) is 0 Å². The Kier molecular flexibility index (Phi) is 4.29. The molecule has 2 N–H and O–H groups in total. The van der Waals surface area contributed by atoms with Crippen LogP contribution < -0.4 is 5.73 Å². The number of pyridine rings is 1. The SMILES string of the molecule is Nc1ncc(Cl)cc1CCSc1ccccc1. The quantitative estimate of drug-likeness (QED) is 0.857. The molecule has 2 aromatic rings. The second kappa shape index (κ2) is 5.94. The predicted molar refractivity (Wildman–Crippen MR) is 74.5 cm³/mol. The number of thioether (sulfide) groups is 1. The highest BCUT2D eigenvalue weighted by atomic mass is 35.5. The lowest BCUT2D eigenvalue weighted by Crippen LogP contribution is -1.98. The van der Waals surface area contributed by atoms with E-state index in [1.807, 2.05) is 24.3 Å². The smallest absolute Gasteiger partial charge is 0.126 e. The van der Waals surface area contributed by atoms with Gasteiger partial charge in [0.2, 0.25) is 0 Å². The van der Waals surface area contributed by atoms with Crippen LogP contribution in [0.3, 0.4) is 0 Å². The second-order valence-corrected chi connectivity index (χ2v) is 5.21. The molecular weight excluding hydrogens is 252 g/mol. The molecule has 0 saturated heterocycles. The molecule has 0 aliphatic heterocycles. The first kappa shape index (κ1) is 12.3. The van der Waals surface area contributed by atoms with Gasteiger partial charge in [0.1, 0.15) is 5.82 Å². The summed E-state index contributed by atoms with van der Waals surface area (Å²) in [5.41, 5.74) is 6.80. The van der Waals surface area contributed by atoms with E-state index in [0.29, 0.717) is 10.8 Å². The third kappa shape index (κ3) is 3.65. The molecule has 0 unspecified atom stereocenters. The molecule has 0 atom stereocenters. The molecule has 1 heterocycles. The van der Waals surface area contributed by atoms with Gasteiger partial charge in [0.15, 0.2) is 0 Å². The molecule has 88 valence electrons. The van der Waals surface area contributed by atoms with Crippen molar-refractivity contribution >= 4 is 29.2 Å². The van der Waals surface area contributed by atoms with Crippen molar-refractivity contribution in [1.29, 1.82) is 0 Å². The summed E-state index contributed by atoms with van der Waals surface area (Å²) in [6.07, 6.45) is 2.45. The van der Waals surface area contributed by atoms with Gasteiger partial charge in [-0.25, -0.2) is 4.98 Å². The van der Waals surface area contributed by atoms with Crippen LogP contribution in [0.25, 0.3) is 0 Å². The normalized spacial score (nSPS) is 10.4. The van der Waals surface area contributed by atoms with Crippen LogP contribution in [-0.2, 0) is 6.42 Å². The maximum absolute atomic E-state index is 5.89. The minimum atomic E-state index is 0.572. The van der Waals surface area contributed by atoms with E-state index in [-0.39, 0.29) is 0 Å². The Bertz CT molecular complexity index is 488. The Labute approximate surface area is 110 Å². The fourth-order valence-corrected chi connectivity index (χ4v) is 2.58. The van der Waals surface area contributed by atoms with E-state index in [9.17, 15) is 0 Å². The number of aromatic nitrogens is 1. The molecule has 0 radical (unpaired) electrons. The third-order valence-corrected chi connectivity index (χ3v) is 3.57. The van der Waals surface area contributed by atoms with Gasteiger partial charge in [-0.3, -0.25) is 0 Å². The molecule has 0 saturated carbocycles. The Hall–Kier alpha value is -1.19. The van der Waals surface area contributed by atoms with Crippen molar-refractivity contribution in [3.8, 4) is 0 Å². The van der Waals surface area contributed by atoms with Crippen molar-refractivity contribution in [3.63, 3.8) is 0 Å². The minimum Gasteiger partial charge on any atom is -0.383 e. The number of nitrogen functional groups attached to an aromatic ring is 1. The van der Waals surface area contributed by atoms with E-state index in [0.717, 1.165) is 17.7 Å². The zero-order chi connectivity index (χ0) is 12.1. The van der Waals surface area contributed by atoms with Gasteiger partial charge >= 0.3 is 0 Å². The molecule has 2 nitrogen and oxygen atoms in total. The van der Waals surface area contributed by atoms with E-state index in [4.69, 9.17) is 17.3 Å². The Morgan fingerprint density at radius 3 is 2.76 bits per heavy atom. The highest BCUT2D eigenvalue weighted by Gasteiger charge is 2.02. The first-order valence-corrected chi connectivity index (χ1v) is 6.70. The third-order valence-electron chi connectivity index (χ3n) is 2.35. The Morgan fingerprint density at radius 1 is 1.24 bits per heavy atom. The van der Waals surface area contributed by atoms with Gasteiger partial charge in [0.25, 0.3) is 0 Å². The van der Waals surface area contributed by atoms with Crippen LogP contribution in [0.1, 0.15) is 5.56 Å². The standard InChI is InChI=1S/C13H13ClN2S/c14-11-8-10(13(15)16-9-11)6-7-17-12-4-2-1-3-5-12/h1-5,8-9H,6-7H2,(H2,15,16). The fourth-order valence-electron chi connectivity index (χ4n) is 1.49. The summed E-state index contributed by atoms with van der Waals surface area (Å²) in [7, 11) is 0. The Morgan fingerprint density at radius 2 is 2.00 bits per heavy atom. The number of anilines is 1. The van der Waals surface area contributed by atoms with Crippen LogP contribution in [-0.4, -0.2) is 10.7 Å². The summed E-state index contributed by atoms with van der Waals surface area (Å²) in [6, 6.07) is 12.2. The van der Waals surface area contributed by atoms with Gasteiger partial charge in [-0.1, -0.05) is 29.8 Å². The number of rotatable bonds is 4. The molecular formula is C13H13ClN2S. The summed E-state index contributed by atoms with van der Waals surface area (Å²) in [5, 5.41) is 0.638. The number of benzene rings is 1. The zero-order valence-corrected chi connectivity index (χ0v) is 10.8. The van der Waals surface area contributed by atoms with Crippen LogP contribution in [0, 0.1) is 0 Å². The average Bonchev–Trinajstić information content (AvgIpc) is 2.35. The summed E-state index contributed by atoms with van der Waals surface area (Å²) in [6.45, 7) is 0. The molecule has 0 aliphatic carbocycles. The van der Waals surface area contributed by atoms with Crippen LogP contribution in [0.4, 0.5) is 5.82 Å². The molecule has 4 heteroatoms. The maximum Gasteiger partial charge on any atom is 0.126 e. The summed E-state index contributed by atoms with van der Waals surface area (Å²) in [4.78, 5) is 5.31. The molecule has 0 aliphatic rings. The first-order valence-electron chi connectivity index (χ1n) is 5.33. The lowest BCUT2D eigenvalue weighted by Gasteiger charge is -2.05. The van der Waals surface area contributed by atoms with Gasteiger partial charge in [-0.2, -0.15) is 0 Å². The van der Waals surface area contributed by atoms with Crippen LogP contribution in [0.15, 0.2) is 47.5 Å². The van der Waals surface area contributed by atoms with Crippen molar-refractivity contribution in [1.82, 2.24) is 4.98 Å². The van der Waals surface area contributed by atoms with Gasteiger partial charge < -0.3 is 5.73 Å². The number of hydrogen-bond donors (Lipinski definition) is 1. The number of aryl methyl sites for hydroxylation is 1. The Balaban J connectivity index is 1.92. The average molecular weight is 265 g/mol. The van der Waals surface area contributed by atoms with Crippen LogP contribution in [0.5, 0.6) is 0 Å². The first-order chi connectivity index (χ1) is 8.25. The van der Waals surface area contributed by atoms with E-state index >= 15 is 0 Å². The number of nitrogens with zero attached hydrogens (tertiary/aromatic N) is 1. The molecule has 1 aromatic carbocycles. The summed E-state index contributed by atoms with van der Waals surface area (Å²) in [5.74, 6) is 1.54. The van der Waals surface area contributed by atoms with Gasteiger partial charge in [-0.15, -0.1) is 11.8 Å². The molecule has 0 spiro atoms. The zero-order valence-electron chi connectivity index (χ0n) is 9.27. The largest absolute Gasteiger partial charge is 0.383 e.